The van der Waals surface area contributed by atoms with Gasteiger partial charge in [0.2, 0.25) is 0 Å². The number of alkyl halides is 3. The van der Waals surface area contributed by atoms with E-state index in [1.165, 1.54) is 24.3 Å². The van der Waals surface area contributed by atoms with E-state index in [2.05, 4.69) is 0 Å². The minimum Gasteiger partial charge on any atom is -0.506 e. The van der Waals surface area contributed by atoms with Crippen LogP contribution in [0.4, 0.5) is 13.2 Å². The normalized spacial score (nSPS) is 11.6. The number of carboxylic acid groups (broad SMARTS) is 1. The molecule has 0 aliphatic heterocycles. The predicted octanol–water partition coefficient (Wildman–Crippen LogP) is 4.01. The van der Waals surface area contributed by atoms with E-state index in [0.717, 1.165) is 30.4 Å². The van der Waals surface area contributed by atoms with E-state index in [1.54, 1.807) is 0 Å². The zero-order chi connectivity index (χ0) is 17.9. The Morgan fingerprint density at radius 3 is 2.25 bits per heavy atom. The van der Waals surface area contributed by atoms with Crippen LogP contribution in [0.25, 0.3) is 6.08 Å². The molecule has 0 bridgehead atoms. The first-order valence-electron chi connectivity index (χ1n) is 6.65. The van der Waals surface area contributed by atoms with Gasteiger partial charge in [-0.05, 0) is 35.9 Å². The van der Waals surface area contributed by atoms with Crippen molar-refractivity contribution in [2.75, 3.05) is 0 Å². The van der Waals surface area contributed by atoms with Crippen molar-refractivity contribution in [2.24, 2.45) is 0 Å². The fourth-order valence-electron chi connectivity index (χ4n) is 2.00. The van der Waals surface area contributed by atoms with E-state index in [1.807, 2.05) is 0 Å². The monoisotopic (exact) mass is 336 g/mol. The van der Waals surface area contributed by atoms with Crippen molar-refractivity contribution < 1.29 is 33.0 Å². The zero-order valence-corrected chi connectivity index (χ0v) is 12.0. The summed E-state index contributed by atoms with van der Waals surface area (Å²) < 4.78 is 37.9. The van der Waals surface area contributed by atoms with Crippen molar-refractivity contribution in [3.8, 4) is 5.75 Å². The predicted molar refractivity (Wildman–Crippen MR) is 79.9 cm³/mol. The van der Waals surface area contributed by atoms with Crippen LogP contribution >= 0.6 is 0 Å². The van der Waals surface area contributed by atoms with E-state index in [4.69, 9.17) is 5.11 Å². The molecule has 0 spiro atoms. The van der Waals surface area contributed by atoms with Gasteiger partial charge in [-0.2, -0.15) is 13.2 Å². The van der Waals surface area contributed by atoms with Crippen molar-refractivity contribution in [3.05, 3.63) is 70.8 Å². The number of rotatable bonds is 4. The third kappa shape index (κ3) is 3.81. The van der Waals surface area contributed by atoms with E-state index < -0.39 is 34.8 Å². The minimum atomic E-state index is -4.50. The highest BCUT2D eigenvalue weighted by Crippen LogP contribution is 2.30. The smallest absolute Gasteiger partial charge is 0.416 e. The molecule has 124 valence electrons. The molecule has 0 unspecified atom stereocenters. The molecule has 0 aliphatic carbocycles. The maximum absolute atomic E-state index is 12.6. The Labute approximate surface area is 134 Å². The van der Waals surface area contributed by atoms with Crippen LogP contribution in [-0.4, -0.2) is 22.0 Å². The lowest BCUT2D eigenvalue weighted by Crippen LogP contribution is -2.04. The van der Waals surface area contributed by atoms with Crippen molar-refractivity contribution in [1.82, 2.24) is 0 Å². The summed E-state index contributed by atoms with van der Waals surface area (Å²) in [5.74, 6) is -2.82. The molecule has 24 heavy (non-hydrogen) atoms. The van der Waals surface area contributed by atoms with Gasteiger partial charge in [0.1, 0.15) is 11.3 Å². The number of ketones is 1. The van der Waals surface area contributed by atoms with Crippen LogP contribution in [0.3, 0.4) is 0 Å². The number of halogens is 3. The number of carbonyl (C=O) groups excluding carboxylic acids is 1. The lowest BCUT2D eigenvalue weighted by atomic mass is 10.0. The van der Waals surface area contributed by atoms with Gasteiger partial charge in [0.25, 0.3) is 0 Å². The summed E-state index contributed by atoms with van der Waals surface area (Å²) in [6.07, 6.45) is -2.37. The molecule has 0 heterocycles. The SMILES string of the molecule is O=C(O)c1cccc(C(=O)/C=C/c2cccc(C(F)(F)F)c2)c1O. The topological polar surface area (TPSA) is 74.6 Å². The minimum absolute atomic E-state index is 0.145. The van der Waals surface area contributed by atoms with E-state index in [-0.39, 0.29) is 11.1 Å². The molecular formula is C17H11F3O4. The van der Waals surface area contributed by atoms with Crippen molar-refractivity contribution in [2.45, 2.75) is 6.18 Å². The van der Waals surface area contributed by atoms with E-state index in [9.17, 15) is 27.9 Å². The highest BCUT2D eigenvalue weighted by molar-refractivity contribution is 6.10. The summed E-state index contributed by atoms with van der Waals surface area (Å²) in [5.41, 5.74) is -1.40. The van der Waals surface area contributed by atoms with E-state index in [0.29, 0.717) is 0 Å². The quantitative estimate of drug-likeness (QED) is 0.653. The number of benzene rings is 2. The van der Waals surface area contributed by atoms with Crippen LogP contribution in [0.2, 0.25) is 0 Å². The van der Waals surface area contributed by atoms with Gasteiger partial charge in [-0.1, -0.05) is 24.3 Å². The number of phenols is 1. The molecule has 0 saturated heterocycles. The number of hydrogen-bond acceptors (Lipinski definition) is 3. The summed E-state index contributed by atoms with van der Waals surface area (Å²) in [7, 11) is 0. The number of carboxylic acids is 1. The van der Waals surface area contributed by atoms with Crippen molar-refractivity contribution >= 4 is 17.8 Å². The van der Waals surface area contributed by atoms with Gasteiger partial charge in [0.15, 0.2) is 5.78 Å². The Hall–Kier alpha value is -3.09. The molecule has 2 N–H and O–H groups in total. The van der Waals surface area contributed by atoms with Crippen LogP contribution in [0.15, 0.2) is 48.5 Å². The average Bonchev–Trinajstić information content (AvgIpc) is 2.52. The average molecular weight is 336 g/mol. The van der Waals surface area contributed by atoms with E-state index >= 15 is 0 Å². The standard InChI is InChI=1S/C17H11F3O4/c18-17(19,20)11-4-1-3-10(9-11)7-8-14(21)12-5-2-6-13(15(12)22)16(23)24/h1-9,22H,(H,23,24)/b8-7+. The summed E-state index contributed by atoms with van der Waals surface area (Å²) in [6, 6.07) is 8.00. The van der Waals surface area contributed by atoms with Gasteiger partial charge in [-0.25, -0.2) is 4.79 Å². The van der Waals surface area contributed by atoms with Gasteiger partial charge in [-0.15, -0.1) is 0 Å². The van der Waals surface area contributed by atoms with Gasteiger partial charge < -0.3 is 10.2 Å². The molecule has 2 rings (SSSR count). The summed E-state index contributed by atoms with van der Waals surface area (Å²) >= 11 is 0. The number of carbonyl (C=O) groups is 2. The summed E-state index contributed by atoms with van der Waals surface area (Å²) in [5, 5.41) is 18.7. The molecule has 0 aromatic heterocycles. The van der Waals surface area contributed by atoms with Crippen molar-refractivity contribution in [3.63, 3.8) is 0 Å². The molecule has 7 heteroatoms. The van der Waals surface area contributed by atoms with Gasteiger partial charge in [0.05, 0.1) is 11.1 Å². The fourth-order valence-corrected chi connectivity index (χ4v) is 2.00. The third-order valence-electron chi connectivity index (χ3n) is 3.17. The first kappa shape index (κ1) is 17.3. The lowest BCUT2D eigenvalue weighted by molar-refractivity contribution is -0.137. The maximum atomic E-state index is 12.6. The molecular weight excluding hydrogens is 325 g/mol. The molecule has 0 saturated carbocycles. The summed E-state index contributed by atoms with van der Waals surface area (Å²) in [4.78, 5) is 22.9. The number of para-hydroxylation sites is 1. The van der Waals surface area contributed by atoms with Gasteiger partial charge >= 0.3 is 12.1 Å². The molecule has 2 aromatic carbocycles. The number of aromatic hydroxyl groups is 1. The van der Waals surface area contributed by atoms with Crippen LogP contribution in [0.5, 0.6) is 5.75 Å². The second kappa shape index (κ2) is 6.57. The first-order chi connectivity index (χ1) is 11.2. The fraction of sp³-hybridized carbons (Fsp3) is 0.0588. The molecule has 0 amide bonds. The maximum Gasteiger partial charge on any atom is 0.416 e. The number of hydrogen-bond donors (Lipinski definition) is 2. The van der Waals surface area contributed by atoms with Crippen LogP contribution in [0.1, 0.15) is 31.8 Å². The molecule has 0 fully saturated rings. The largest absolute Gasteiger partial charge is 0.506 e. The van der Waals surface area contributed by atoms with Crippen molar-refractivity contribution in [1.29, 1.82) is 0 Å². The second-order valence-electron chi connectivity index (χ2n) is 4.83. The van der Waals surface area contributed by atoms with Crippen LogP contribution in [-0.2, 0) is 6.18 Å². The number of aromatic carboxylic acids is 1. The molecule has 0 atom stereocenters. The summed E-state index contributed by atoms with van der Waals surface area (Å²) in [6.45, 7) is 0. The highest BCUT2D eigenvalue weighted by Gasteiger charge is 2.30. The van der Waals surface area contributed by atoms with Crippen LogP contribution < -0.4 is 0 Å². The highest BCUT2D eigenvalue weighted by atomic mass is 19.4. The molecule has 4 nitrogen and oxygen atoms in total. The Kier molecular flexibility index (Phi) is 4.73. The first-order valence-corrected chi connectivity index (χ1v) is 6.65. The third-order valence-corrected chi connectivity index (χ3v) is 3.17. The molecule has 2 aromatic rings. The molecule has 0 radical (unpaired) electrons. The number of allylic oxidation sites excluding steroid dienone is 1. The lowest BCUT2D eigenvalue weighted by Gasteiger charge is -2.06. The Morgan fingerprint density at radius 2 is 1.62 bits per heavy atom. The van der Waals surface area contributed by atoms with Gasteiger partial charge in [0, 0.05) is 0 Å². The van der Waals surface area contributed by atoms with Crippen LogP contribution in [0, 0.1) is 0 Å². The van der Waals surface area contributed by atoms with Gasteiger partial charge in [-0.3, -0.25) is 4.79 Å². The second-order valence-corrected chi connectivity index (χ2v) is 4.83. The molecule has 0 aliphatic rings. The zero-order valence-electron chi connectivity index (χ0n) is 12.0. The Morgan fingerprint density at radius 1 is 1.00 bits per heavy atom. The Bertz CT molecular complexity index is 823. The Balaban J connectivity index is 2.29.